The van der Waals surface area contributed by atoms with E-state index in [1.54, 1.807) is 14.2 Å². The molecule has 0 bridgehead atoms. The summed E-state index contributed by atoms with van der Waals surface area (Å²) in [6.45, 7) is 4.78. The monoisotopic (exact) mass is 317 g/mol. The van der Waals surface area contributed by atoms with Gasteiger partial charge >= 0.3 is 0 Å². The third-order valence-corrected chi connectivity index (χ3v) is 5.43. The van der Waals surface area contributed by atoms with Crippen LogP contribution in [0.15, 0.2) is 24.3 Å². The normalized spacial score (nSPS) is 26.0. The van der Waals surface area contributed by atoms with Crippen molar-refractivity contribution < 1.29 is 14.3 Å². The molecule has 126 valence electrons. The van der Waals surface area contributed by atoms with Gasteiger partial charge in [0.15, 0.2) is 0 Å². The van der Waals surface area contributed by atoms with E-state index in [0.29, 0.717) is 11.8 Å². The Balaban J connectivity index is 1.54. The first-order valence-electron chi connectivity index (χ1n) is 8.48. The minimum atomic E-state index is 0.176. The molecule has 4 heteroatoms. The van der Waals surface area contributed by atoms with Crippen LogP contribution in [0.5, 0.6) is 5.75 Å². The van der Waals surface area contributed by atoms with Crippen LogP contribution in [0.3, 0.4) is 0 Å². The lowest BCUT2D eigenvalue weighted by molar-refractivity contribution is -0.135. The number of rotatable bonds is 5. The Bertz CT molecular complexity index is 546. The summed E-state index contributed by atoms with van der Waals surface area (Å²) in [5.41, 5.74) is 1.48. The summed E-state index contributed by atoms with van der Waals surface area (Å²) in [5, 5.41) is 0. The molecule has 4 nitrogen and oxygen atoms in total. The van der Waals surface area contributed by atoms with Gasteiger partial charge in [-0.3, -0.25) is 4.79 Å². The van der Waals surface area contributed by atoms with Gasteiger partial charge in [-0.05, 0) is 48.3 Å². The molecule has 2 atom stereocenters. The number of piperidine rings is 1. The van der Waals surface area contributed by atoms with Gasteiger partial charge in [-0.2, -0.15) is 0 Å². The highest BCUT2D eigenvalue weighted by atomic mass is 16.5. The molecular formula is C19H27NO3. The quantitative estimate of drug-likeness (QED) is 0.838. The van der Waals surface area contributed by atoms with E-state index in [1.807, 2.05) is 12.1 Å². The van der Waals surface area contributed by atoms with Gasteiger partial charge in [0.05, 0.1) is 13.7 Å². The average molecular weight is 317 g/mol. The number of ether oxygens (including phenoxy) is 2. The fourth-order valence-corrected chi connectivity index (χ4v) is 3.68. The van der Waals surface area contributed by atoms with E-state index in [1.165, 1.54) is 5.56 Å². The number of hydrogen-bond donors (Lipinski definition) is 0. The van der Waals surface area contributed by atoms with E-state index in [9.17, 15) is 4.79 Å². The Kier molecular flexibility index (Phi) is 4.62. The van der Waals surface area contributed by atoms with Gasteiger partial charge in [0.2, 0.25) is 5.91 Å². The minimum Gasteiger partial charge on any atom is -0.497 e. The molecule has 2 fully saturated rings. The molecule has 1 amide bonds. The van der Waals surface area contributed by atoms with Crippen molar-refractivity contribution in [1.29, 1.82) is 0 Å². The van der Waals surface area contributed by atoms with E-state index < -0.39 is 0 Å². The predicted molar refractivity (Wildman–Crippen MR) is 89.6 cm³/mol. The molecule has 1 heterocycles. The molecule has 0 aromatic heterocycles. The van der Waals surface area contributed by atoms with Gasteiger partial charge in [-0.25, -0.2) is 0 Å². The highest BCUT2D eigenvalue weighted by Crippen LogP contribution is 2.49. The molecule has 23 heavy (non-hydrogen) atoms. The van der Waals surface area contributed by atoms with Crippen LogP contribution in [0.4, 0.5) is 0 Å². The standard InChI is InChI=1S/C19H27NO3/c1-19(13-22-2)8-10-20(11-9-19)18(21)17-12-16(17)14-4-6-15(23-3)7-5-14/h4-7,16-17H,8-13H2,1-3H3/t16-,17+/m0/s1. The third kappa shape index (κ3) is 3.52. The lowest BCUT2D eigenvalue weighted by atomic mass is 9.81. The Morgan fingerprint density at radius 3 is 2.43 bits per heavy atom. The molecule has 1 saturated heterocycles. The minimum absolute atomic E-state index is 0.176. The van der Waals surface area contributed by atoms with E-state index in [4.69, 9.17) is 9.47 Å². The Hall–Kier alpha value is -1.55. The maximum absolute atomic E-state index is 12.7. The predicted octanol–water partition coefficient (Wildman–Crippen LogP) is 3.07. The molecule has 1 aromatic rings. The van der Waals surface area contributed by atoms with Gasteiger partial charge < -0.3 is 14.4 Å². The SMILES string of the molecule is COCC1(C)CCN(C(=O)[C@@H]2C[C@H]2c2ccc(OC)cc2)CC1. The van der Waals surface area contributed by atoms with Crippen LogP contribution in [0.2, 0.25) is 0 Å². The number of amides is 1. The van der Waals surface area contributed by atoms with Crippen LogP contribution in [0, 0.1) is 11.3 Å². The number of likely N-dealkylation sites (tertiary alicyclic amines) is 1. The highest BCUT2D eigenvalue weighted by Gasteiger charge is 2.46. The topological polar surface area (TPSA) is 38.8 Å². The van der Waals surface area contributed by atoms with Crippen LogP contribution in [-0.2, 0) is 9.53 Å². The fraction of sp³-hybridized carbons (Fsp3) is 0.632. The molecule has 2 aliphatic rings. The summed E-state index contributed by atoms with van der Waals surface area (Å²) in [6.07, 6.45) is 3.05. The molecule has 1 saturated carbocycles. The number of methoxy groups -OCH3 is 2. The summed E-state index contributed by atoms with van der Waals surface area (Å²) in [7, 11) is 3.43. The van der Waals surface area contributed by atoms with E-state index in [0.717, 1.165) is 44.7 Å². The van der Waals surface area contributed by atoms with Crippen molar-refractivity contribution in [1.82, 2.24) is 4.90 Å². The van der Waals surface area contributed by atoms with E-state index in [-0.39, 0.29) is 11.3 Å². The maximum Gasteiger partial charge on any atom is 0.226 e. The molecule has 1 aliphatic heterocycles. The molecule has 1 aromatic carbocycles. The summed E-state index contributed by atoms with van der Waals surface area (Å²) >= 11 is 0. The van der Waals surface area contributed by atoms with Gasteiger partial charge in [0, 0.05) is 26.1 Å². The second-order valence-corrected chi connectivity index (χ2v) is 7.29. The number of hydrogen-bond acceptors (Lipinski definition) is 3. The van der Waals surface area contributed by atoms with Gasteiger partial charge in [0.1, 0.15) is 5.75 Å². The maximum atomic E-state index is 12.7. The molecule has 0 N–H and O–H groups in total. The molecule has 0 spiro atoms. The Labute approximate surface area is 138 Å². The van der Waals surface area contributed by atoms with Crippen molar-refractivity contribution in [3.05, 3.63) is 29.8 Å². The first kappa shape index (κ1) is 16.3. The van der Waals surface area contributed by atoms with Gasteiger partial charge in [0.25, 0.3) is 0 Å². The second kappa shape index (κ2) is 6.52. The summed E-state index contributed by atoms with van der Waals surface area (Å²) in [6, 6.07) is 8.13. The summed E-state index contributed by atoms with van der Waals surface area (Å²) in [5.74, 6) is 1.77. The summed E-state index contributed by atoms with van der Waals surface area (Å²) < 4.78 is 10.5. The Morgan fingerprint density at radius 1 is 1.22 bits per heavy atom. The Morgan fingerprint density at radius 2 is 1.87 bits per heavy atom. The lowest BCUT2D eigenvalue weighted by Crippen LogP contribution is -2.44. The highest BCUT2D eigenvalue weighted by molar-refractivity contribution is 5.83. The zero-order valence-electron chi connectivity index (χ0n) is 14.4. The largest absolute Gasteiger partial charge is 0.497 e. The second-order valence-electron chi connectivity index (χ2n) is 7.29. The zero-order valence-corrected chi connectivity index (χ0v) is 14.4. The number of carbonyl (C=O) groups excluding carboxylic acids is 1. The number of nitrogens with zero attached hydrogens (tertiary/aromatic N) is 1. The molecule has 3 rings (SSSR count). The average Bonchev–Trinajstić information content (AvgIpc) is 3.36. The molecule has 0 unspecified atom stereocenters. The molecular weight excluding hydrogens is 290 g/mol. The number of carbonyl (C=O) groups is 1. The number of benzene rings is 1. The van der Waals surface area contributed by atoms with Crippen molar-refractivity contribution in [2.24, 2.45) is 11.3 Å². The molecule has 1 aliphatic carbocycles. The van der Waals surface area contributed by atoms with Crippen LogP contribution in [0.25, 0.3) is 0 Å². The van der Waals surface area contributed by atoms with Crippen molar-refractivity contribution in [2.45, 2.75) is 32.1 Å². The first-order chi connectivity index (χ1) is 11.1. The third-order valence-electron chi connectivity index (χ3n) is 5.43. The van der Waals surface area contributed by atoms with Crippen molar-refractivity contribution >= 4 is 5.91 Å². The van der Waals surface area contributed by atoms with E-state index >= 15 is 0 Å². The van der Waals surface area contributed by atoms with Crippen molar-refractivity contribution in [2.75, 3.05) is 33.9 Å². The van der Waals surface area contributed by atoms with Crippen LogP contribution in [-0.4, -0.2) is 44.7 Å². The smallest absolute Gasteiger partial charge is 0.226 e. The zero-order chi connectivity index (χ0) is 16.4. The first-order valence-corrected chi connectivity index (χ1v) is 8.48. The van der Waals surface area contributed by atoms with Gasteiger partial charge in [-0.15, -0.1) is 0 Å². The van der Waals surface area contributed by atoms with Gasteiger partial charge in [-0.1, -0.05) is 19.1 Å². The van der Waals surface area contributed by atoms with Crippen molar-refractivity contribution in [3.8, 4) is 5.75 Å². The molecule has 0 radical (unpaired) electrons. The van der Waals surface area contributed by atoms with Crippen LogP contribution in [0.1, 0.15) is 37.7 Å². The van der Waals surface area contributed by atoms with Crippen molar-refractivity contribution in [3.63, 3.8) is 0 Å². The van der Waals surface area contributed by atoms with Crippen LogP contribution >= 0.6 is 0 Å². The lowest BCUT2D eigenvalue weighted by Gasteiger charge is -2.39. The fourth-order valence-electron chi connectivity index (χ4n) is 3.68. The van der Waals surface area contributed by atoms with Crippen LogP contribution < -0.4 is 4.74 Å². The summed E-state index contributed by atoms with van der Waals surface area (Å²) in [4.78, 5) is 14.8. The van der Waals surface area contributed by atoms with E-state index in [2.05, 4.69) is 24.0 Å².